The van der Waals surface area contributed by atoms with Gasteiger partial charge < -0.3 is 10.4 Å². The Morgan fingerprint density at radius 1 is 1.18 bits per heavy atom. The van der Waals surface area contributed by atoms with Crippen LogP contribution in [0, 0.1) is 5.41 Å². The van der Waals surface area contributed by atoms with Gasteiger partial charge in [-0.15, -0.1) is 0 Å². The molecule has 3 N–H and O–H groups in total. The normalized spacial score (nSPS) is 16.4. The van der Waals surface area contributed by atoms with E-state index < -0.39 is 5.69 Å². The third-order valence-corrected chi connectivity index (χ3v) is 8.48. The molecule has 38 heavy (non-hydrogen) atoms. The number of anilines is 2. The molecule has 1 aliphatic carbocycles. The minimum absolute atomic E-state index is 0.0387. The molecule has 2 aromatic heterocycles. The van der Waals surface area contributed by atoms with E-state index in [9.17, 15) is 9.90 Å². The lowest BCUT2D eigenvalue weighted by atomic mass is 9.67. The van der Waals surface area contributed by atoms with E-state index in [0.717, 1.165) is 31.5 Å². The van der Waals surface area contributed by atoms with Crippen LogP contribution < -0.4 is 16.5 Å². The Kier molecular flexibility index (Phi) is 6.26. The Hall–Kier alpha value is -3.24. The zero-order valence-corrected chi connectivity index (χ0v) is 22.4. The predicted octanol–water partition coefficient (Wildman–Crippen LogP) is 3.88. The number of aryl methyl sites for hydroxylation is 1. The van der Waals surface area contributed by atoms with E-state index in [1.54, 1.807) is 25.2 Å². The molecule has 3 heterocycles. The smallest absolute Gasteiger partial charge is 0.335 e. The molecule has 6 rings (SSSR count). The van der Waals surface area contributed by atoms with Crippen molar-refractivity contribution in [3.05, 3.63) is 79.7 Å². The van der Waals surface area contributed by atoms with Gasteiger partial charge in [-0.05, 0) is 61.1 Å². The molecular formula is C27H27Cl2N7O2. The van der Waals surface area contributed by atoms with E-state index in [4.69, 9.17) is 28.6 Å². The van der Waals surface area contributed by atoms with Gasteiger partial charge in [-0.2, -0.15) is 4.98 Å². The molecule has 11 heteroatoms. The third kappa shape index (κ3) is 3.84. The molecule has 0 unspecified atom stereocenters. The van der Waals surface area contributed by atoms with Gasteiger partial charge in [0.1, 0.15) is 5.49 Å². The first-order valence-corrected chi connectivity index (χ1v) is 13.3. The van der Waals surface area contributed by atoms with Crippen molar-refractivity contribution >= 4 is 45.9 Å². The number of aromatic nitrogens is 4. The lowest BCUT2D eigenvalue weighted by molar-refractivity contribution is -0.00808. The molecule has 0 atom stereocenters. The number of hydrogen-bond donors (Lipinski definition) is 3. The Labute approximate surface area is 228 Å². The molecule has 4 aromatic rings. The highest BCUT2D eigenvalue weighted by Crippen LogP contribution is 2.50. The zero-order chi connectivity index (χ0) is 26.6. The fourth-order valence-corrected chi connectivity index (χ4v) is 6.43. The maximum Gasteiger partial charge on any atom is 0.335 e. The van der Waals surface area contributed by atoms with E-state index in [1.165, 1.54) is 32.9 Å². The van der Waals surface area contributed by atoms with Crippen molar-refractivity contribution in [3.8, 4) is 5.69 Å². The van der Waals surface area contributed by atoms with Crippen LogP contribution in [0.1, 0.15) is 30.4 Å². The first kappa shape index (κ1) is 25.1. The second kappa shape index (κ2) is 9.50. The summed E-state index contributed by atoms with van der Waals surface area (Å²) in [7, 11) is 1.59. The molecule has 196 valence electrons. The summed E-state index contributed by atoms with van der Waals surface area (Å²) in [6, 6.07) is 11.3. The van der Waals surface area contributed by atoms with E-state index in [-0.39, 0.29) is 33.4 Å². The average molecular weight is 552 g/mol. The minimum atomic E-state index is -0.492. The molecular weight excluding hydrogens is 525 g/mol. The highest BCUT2D eigenvalue weighted by Gasteiger charge is 2.46. The molecule has 0 saturated heterocycles. The van der Waals surface area contributed by atoms with Crippen molar-refractivity contribution < 1.29 is 5.11 Å². The third-order valence-electron chi connectivity index (χ3n) is 7.87. The molecule has 1 saturated carbocycles. The van der Waals surface area contributed by atoms with Crippen molar-refractivity contribution in [3.63, 3.8) is 0 Å². The number of halogens is 2. The largest absolute Gasteiger partial charge is 0.395 e. The number of para-hydroxylation sites is 1. The molecule has 1 aliphatic heterocycles. The van der Waals surface area contributed by atoms with E-state index in [0.29, 0.717) is 23.5 Å². The summed E-state index contributed by atoms with van der Waals surface area (Å²) < 4.78 is 2.53. The van der Waals surface area contributed by atoms with Crippen LogP contribution in [0.4, 0.5) is 11.6 Å². The van der Waals surface area contributed by atoms with Gasteiger partial charge in [-0.1, -0.05) is 35.3 Å². The van der Waals surface area contributed by atoms with Crippen LogP contribution in [0.3, 0.4) is 0 Å². The van der Waals surface area contributed by atoms with Crippen LogP contribution in [0.25, 0.3) is 16.7 Å². The van der Waals surface area contributed by atoms with E-state index in [2.05, 4.69) is 32.3 Å². The van der Waals surface area contributed by atoms with Gasteiger partial charge in [0.25, 0.3) is 0 Å². The Morgan fingerprint density at radius 3 is 2.63 bits per heavy atom. The Morgan fingerprint density at radius 2 is 1.95 bits per heavy atom. The number of rotatable bonds is 5. The van der Waals surface area contributed by atoms with Crippen LogP contribution in [-0.4, -0.2) is 48.8 Å². The minimum Gasteiger partial charge on any atom is -0.395 e. The first-order chi connectivity index (χ1) is 18.3. The summed E-state index contributed by atoms with van der Waals surface area (Å²) in [5.74, 6) is 0.330. The van der Waals surface area contributed by atoms with Gasteiger partial charge in [0.15, 0.2) is 5.65 Å². The summed E-state index contributed by atoms with van der Waals surface area (Å²) in [6.45, 7) is 1.79. The standard InChI is InChI=1S/C27H27Cl2N7O2/c1-34-24-18(23(30)36(26(34)38)22-20(28)4-2-5-21(22)29)15-31-25(33-24)32-17-6-7-19-16(14-17)8-11-35(12-13-37)27(19)9-3-10-27/h2,4-7,14-15,30,37H,3,8-13H2,1H3,(H,31,32,33). The lowest BCUT2D eigenvalue weighted by Crippen LogP contribution is -2.55. The monoisotopic (exact) mass is 551 g/mol. The zero-order valence-electron chi connectivity index (χ0n) is 20.8. The van der Waals surface area contributed by atoms with Crippen molar-refractivity contribution in [2.45, 2.75) is 31.2 Å². The summed E-state index contributed by atoms with van der Waals surface area (Å²) in [4.78, 5) is 24.8. The maximum atomic E-state index is 13.3. The summed E-state index contributed by atoms with van der Waals surface area (Å²) >= 11 is 12.7. The van der Waals surface area contributed by atoms with Crippen molar-refractivity contribution in [2.24, 2.45) is 7.05 Å². The Balaban J connectivity index is 1.37. The second-order valence-corrected chi connectivity index (χ2v) is 10.7. The average Bonchev–Trinajstić information content (AvgIpc) is 2.88. The summed E-state index contributed by atoms with van der Waals surface area (Å²) in [6.07, 6.45) is 5.87. The second-order valence-electron chi connectivity index (χ2n) is 9.87. The maximum absolute atomic E-state index is 13.3. The predicted molar refractivity (Wildman–Crippen MR) is 148 cm³/mol. The first-order valence-electron chi connectivity index (χ1n) is 12.6. The molecule has 2 aromatic carbocycles. The number of nitrogens with one attached hydrogen (secondary N) is 2. The number of benzene rings is 2. The summed E-state index contributed by atoms with van der Waals surface area (Å²) in [5, 5.41) is 22.5. The van der Waals surface area contributed by atoms with Crippen molar-refractivity contribution in [1.29, 1.82) is 5.41 Å². The van der Waals surface area contributed by atoms with E-state index in [1.807, 2.05) is 6.07 Å². The number of aliphatic hydroxyl groups is 1. The van der Waals surface area contributed by atoms with E-state index >= 15 is 0 Å². The topological polar surface area (TPSA) is 112 Å². The fourth-order valence-electron chi connectivity index (χ4n) is 5.87. The number of nitrogens with zero attached hydrogens (tertiary/aromatic N) is 5. The fraction of sp³-hybridized carbons (Fsp3) is 0.333. The molecule has 2 aliphatic rings. The van der Waals surface area contributed by atoms with Gasteiger partial charge in [0.05, 0.1) is 27.7 Å². The molecule has 0 amide bonds. The molecule has 1 fully saturated rings. The molecule has 9 nitrogen and oxygen atoms in total. The quantitative estimate of drug-likeness (QED) is 0.347. The van der Waals surface area contributed by atoms with Gasteiger partial charge in [-0.25, -0.2) is 14.3 Å². The van der Waals surface area contributed by atoms with Gasteiger partial charge >= 0.3 is 5.69 Å². The lowest BCUT2D eigenvalue weighted by Gasteiger charge is -2.54. The van der Waals surface area contributed by atoms with Gasteiger partial charge in [-0.3, -0.25) is 14.9 Å². The SMILES string of the molecule is Cn1c(=O)n(-c2c(Cl)cccc2Cl)c(=N)c2cnc(Nc3ccc4c(c3)CCN(CCO)C43CCC3)nc21. The van der Waals surface area contributed by atoms with Crippen molar-refractivity contribution in [2.75, 3.05) is 25.0 Å². The number of hydrogen-bond acceptors (Lipinski definition) is 7. The van der Waals surface area contributed by atoms with Crippen LogP contribution in [-0.2, 0) is 19.0 Å². The molecule has 0 bridgehead atoms. The van der Waals surface area contributed by atoms with Crippen LogP contribution in [0.5, 0.6) is 0 Å². The molecule has 0 radical (unpaired) electrons. The summed E-state index contributed by atoms with van der Waals surface area (Å²) in [5.41, 5.74) is 3.52. The van der Waals surface area contributed by atoms with Crippen LogP contribution in [0.15, 0.2) is 47.4 Å². The Bertz CT molecular complexity index is 1670. The number of aliphatic hydroxyl groups excluding tert-OH is 1. The van der Waals surface area contributed by atoms with Crippen molar-refractivity contribution in [1.82, 2.24) is 24.0 Å². The highest BCUT2D eigenvalue weighted by atomic mass is 35.5. The number of fused-ring (bicyclic) bond motifs is 3. The number of β-amino-alcohol motifs (C(OH)–C–C–N with tert-alkyl or cyclic N) is 1. The van der Waals surface area contributed by atoms with Crippen LogP contribution in [0.2, 0.25) is 10.0 Å². The van der Waals surface area contributed by atoms with Gasteiger partial charge in [0, 0.05) is 37.6 Å². The van der Waals surface area contributed by atoms with Crippen LogP contribution >= 0.6 is 23.2 Å². The molecule has 1 spiro atoms. The van der Waals surface area contributed by atoms with Gasteiger partial charge in [0.2, 0.25) is 5.95 Å². The highest BCUT2D eigenvalue weighted by molar-refractivity contribution is 6.37.